The summed E-state index contributed by atoms with van der Waals surface area (Å²) in [5, 5.41) is 1.24. The molecule has 0 unspecified atom stereocenters. The Hall–Kier alpha value is -1.59. The molecule has 1 aromatic heterocycles. The molecule has 4 nitrogen and oxygen atoms in total. The second-order valence-electron chi connectivity index (χ2n) is 5.60. The summed E-state index contributed by atoms with van der Waals surface area (Å²) in [4.78, 5) is 4.98. The first-order valence-corrected chi connectivity index (χ1v) is 8.24. The summed E-state index contributed by atoms with van der Waals surface area (Å²) in [5.41, 5.74) is 8.41. The van der Waals surface area contributed by atoms with E-state index in [-0.39, 0.29) is 0 Å². The number of hydrogen-bond acceptors (Lipinski definition) is 5. The second kappa shape index (κ2) is 6.45. The lowest BCUT2D eigenvalue weighted by atomic mass is 10.2. The largest absolute Gasteiger partial charge is 0.383 e. The molecule has 1 aliphatic heterocycles. The molecule has 1 aliphatic rings. The first-order valence-electron chi connectivity index (χ1n) is 7.47. The lowest BCUT2D eigenvalue weighted by molar-refractivity contribution is 0.285. The van der Waals surface area contributed by atoms with E-state index in [2.05, 4.69) is 51.4 Å². The van der Waals surface area contributed by atoms with Gasteiger partial charge in [-0.25, -0.2) is 0 Å². The van der Waals surface area contributed by atoms with E-state index in [4.69, 9.17) is 5.73 Å². The Balaban J connectivity index is 1.63. The molecule has 5 heteroatoms. The van der Waals surface area contributed by atoms with Crippen LogP contribution in [-0.2, 0) is 6.54 Å². The molecule has 2 heterocycles. The van der Waals surface area contributed by atoms with Crippen molar-refractivity contribution in [2.75, 3.05) is 36.8 Å². The maximum Gasteiger partial charge on any atom is 0.142 e. The average molecular weight is 302 g/mol. The summed E-state index contributed by atoms with van der Waals surface area (Å²) in [5.74, 6) is 0.681. The predicted molar refractivity (Wildman–Crippen MR) is 89.8 cm³/mol. The molecule has 1 aromatic carbocycles. The van der Waals surface area contributed by atoms with Crippen LogP contribution in [0.1, 0.15) is 17.5 Å². The molecule has 0 radical (unpaired) electrons. The van der Waals surface area contributed by atoms with Crippen molar-refractivity contribution in [3.05, 3.63) is 41.5 Å². The predicted octanol–water partition coefficient (Wildman–Crippen LogP) is 2.75. The van der Waals surface area contributed by atoms with Gasteiger partial charge in [0.1, 0.15) is 10.8 Å². The third kappa shape index (κ3) is 3.36. The minimum atomic E-state index is 0.681. The Morgan fingerprint density at radius 3 is 2.67 bits per heavy atom. The molecule has 2 aromatic rings. The topological polar surface area (TPSA) is 45.4 Å². The first-order chi connectivity index (χ1) is 10.2. The van der Waals surface area contributed by atoms with Gasteiger partial charge in [0.05, 0.1) is 0 Å². The van der Waals surface area contributed by atoms with Crippen LogP contribution in [0.3, 0.4) is 0 Å². The molecule has 0 amide bonds. The molecule has 1 fully saturated rings. The Kier molecular flexibility index (Phi) is 4.41. The molecule has 0 spiro atoms. The van der Waals surface area contributed by atoms with Crippen LogP contribution in [0.4, 0.5) is 10.8 Å². The first kappa shape index (κ1) is 14.4. The van der Waals surface area contributed by atoms with Gasteiger partial charge in [-0.3, -0.25) is 4.90 Å². The Bertz CT molecular complexity index is 581. The highest BCUT2D eigenvalue weighted by atomic mass is 32.1. The Morgan fingerprint density at radius 1 is 1.14 bits per heavy atom. The van der Waals surface area contributed by atoms with Gasteiger partial charge in [-0.2, -0.15) is 4.37 Å². The average Bonchev–Trinajstić information content (AvgIpc) is 2.71. The van der Waals surface area contributed by atoms with Crippen molar-refractivity contribution in [2.24, 2.45) is 0 Å². The molecule has 1 saturated heterocycles. The monoisotopic (exact) mass is 302 g/mol. The van der Waals surface area contributed by atoms with Crippen molar-refractivity contribution in [2.45, 2.75) is 19.9 Å². The van der Waals surface area contributed by atoms with E-state index in [0.717, 1.165) is 38.3 Å². The zero-order valence-electron chi connectivity index (χ0n) is 12.5. The van der Waals surface area contributed by atoms with Gasteiger partial charge in [0.25, 0.3) is 0 Å². The van der Waals surface area contributed by atoms with E-state index in [1.54, 1.807) is 0 Å². The van der Waals surface area contributed by atoms with Crippen LogP contribution in [0.25, 0.3) is 0 Å². The normalized spacial score (nSPS) is 16.9. The van der Waals surface area contributed by atoms with E-state index in [9.17, 15) is 0 Å². The fourth-order valence-electron chi connectivity index (χ4n) is 2.81. The number of nitrogens with two attached hydrogens (primary N) is 1. The van der Waals surface area contributed by atoms with Crippen molar-refractivity contribution >= 4 is 22.4 Å². The van der Waals surface area contributed by atoms with E-state index in [1.807, 2.05) is 0 Å². The minimum absolute atomic E-state index is 0.681. The fourth-order valence-corrected chi connectivity index (χ4v) is 3.67. The van der Waals surface area contributed by atoms with Crippen molar-refractivity contribution in [3.63, 3.8) is 0 Å². The lowest BCUT2D eigenvalue weighted by Crippen LogP contribution is -2.30. The highest BCUT2D eigenvalue weighted by Crippen LogP contribution is 2.30. The molecule has 0 atom stereocenters. The maximum absolute atomic E-state index is 5.88. The number of benzene rings is 1. The molecular formula is C16H22N4S. The van der Waals surface area contributed by atoms with Gasteiger partial charge in [-0.15, -0.1) is 0 Å². The standard InChI is InChI=1S/C16H22N4S/c1-13-15(17)18-21-16(13)20-9-5-8-19(10-11-20)12-14-6-3-2-4-7-14/h2-4,6-7H,5,8-12H2,1H3,(H2,17,18). The van der Waals surface area contributed by atoms with E-state index in [0.29, 0.717) is 5.82 Å². The minimum Gasteiger partial charge on any atom is -0.383 e. The molecule has 0 saturated carbocycles. The van der Waals surface area contributed by atoms with Crippen molar-refractivity contribution < 1.29 is 0 Å². The van der Waals surface area contributed by atoms with Crippen molar-refractivity contribution in [3.8, 4) is 0 Å². The quantitative estimate of drug-likeness (QED) is 0.947. The highest BCUT2D eigenvalue weighted by molar-refractivity contribution is 7.10. The van der Waals surface area contributed by atoms with Crippen LogP contribution in [0.15, 0.2) is 30.3 Å². The Labute approximate surface area is 130 Å². The summed E-state index contributed by atoms with van der Waals surface area (Å²) in [6.45, 7) is 7.49. The second-order valence-corrected chi connectivity index (χ2v) is 6.35. The van der Waals surface area contributed by atoms with E-state index >= 15 is 0 Å². The number of anilines is 2. The van der Waals surface area contributed by atoms with Crippen LogP contribution in [0.2, 0.25) is 0 Å². The van der Waals surface area contributed by atoms with Crippen LogP contribution in [-0.4, -0.2) is 35.5 Å². The van der Waals surface area contributed by atoms with Crippen LogP contribution >= 0.6 is 11.5 Å². The summed E-state index contributed by atoms with van der Waals surface area (Å²) in [6, 6.07) is 10.7. The van der Waals surface area contributed by atoms with Crippen LogP contribution < -0.4 is 10.6 Å². The van der Waals surface area contributed by atoms with E-state index < -0.39 is 0 Å². The number of nitrogens with zero attached hydrogens (tertiary/aromatic N) is 3. The van der Waals surface area contributed by atoms with Gasteiger partial charge >= 0.3 is 0 Å². The molecule has 112 valence electrons. The highest BCUT2D eigenvalue weighted by Gasteiger charge is 2.19. The summed E-state index contributed by atoms with van der Waals surface area (Å²) in [7, 11) is 0. The smallest absolute Gasteiger partial charge is 0.142 e. The van der Waals surface area contributed by atoms with Crippen molar-refractivity contribution in [1.29, 1.82) is 0 Å². The summed E-state index contributed by atoms with van der Waals surface area (Å²) < 4.78 is 4.27. The maximum atomic E-state index is 5.88. The number of aromatic nitrogens is 1. The zero-order valence-corrected chi connectivity index (χ0v) is 13.3. The van der Waals surface area contributed by atoms with Crippen LogP contribution in [0.5, 0.6) is 0 Å². The number of rotatable bonds is 3. The molecule has 0 aliphatic carbocycles. The molecule has 0 bridgehead atoms. The van der Waals surface area contributed by atoms with Crippen LogP contribution in [0, 0.1) is 6.92 Å². The van der Waals surface area contributed by atoms with Gasteiger partial charge in [0, 0.05) is 38.3 Å². The molecular weight excluding hydrogens is 280 g/mol. The van der Waals surface area contributed by atoms with Gasteiger partial charge in [0.15, 0.2) is 0 Å². The lowest BCUT2D eigenvalue weighted by Gasteiger charge is -2.22. The number of hydrogen-bond donors (Lipinski definition) is 1. The summed E-state index contributed by atoms with van der Waals surface area (Å²) >= 11 is 1.53. The fraction of sp³-hybridized carbons (Fsp3) is 0.438. The number of nitrogen functional groups attached to an aromatic ring is 1. The van der Waals surface area contributed by atoms with Gasteiger partial charge in [-0.05, 0) is 30.4 Å². The third-order valence-electron chi connectivity index (χ3n) is 4.06. The van der Waals surface area contributed by atoms with Gasteiger partial charge in [-0.1, -0.05) is 30.3 Å². The SMILES string of the molecule is Cc1c(N)nsc1N1CCCN(Cc2ccccc2)CC1. The molecule has 3 rings (SSSR count). The Morgan fingerprint density at radius 2 is 1.95 bits per heavy atom. The van der Waals surface area contributed by atoms with Crippen molar-refractivity contribution in [1.82, 2.24) is 9.27 Å². The zero-order chi connectivity index (χ0) is 14.7. The van der Waals surface area contributed by atoms with Gasteiger partial charge < -0.3 is 10.6 Å². The molecule has 2 N–H and O–H groups in total. The summed E-state index contributed by atoms with van der Waals surface area (Å²) in [6.07, 6.45) is 1.18. The van der Waals surface area contributed by atoms with Gasteiger partial charge in [0.2, 0.25) is 0 Å². The third-order valence-corrected chi connectivity index (χ3v) is 5.09. The molecule has 21 heavy (non-hydrogen) atoms. The van der Waals surface area contributed by atoms with E-state index in [1.165, 1.54) is 28.5 Å².